The first-order valence-corrected chi connectivity index (χ1v) is 8.63. The van der Waals surface area contributed by atoms with Crippen molar-refractivity contribution in [3.8, 4) is 0 Å². The van der Waals surface area contributed by atoms with Gasteiger partial charge in [-0.1, -0.05) is 44.2 Å². The monoisotopic (exact) mass is 314 g/mol. The third kappa shape index (κ3) is 3.41. The minimum atomic E-state index is -0.310. The molecule has 1 saturated heterocycles. The van der Waals surface area contributed by atoms with Gasteiger partial charge in [-0.2, -0.15) is 0 Å². The fraction of sp³-hybridized carbons (Fsp3) is 0.579. The number of piperazine rings is 1. The van der Waals surface area contributed by atoms with Crippen molar-refractivity contribution in [2.75, 3.05) is 6.54 Å². The number of hydrogen-bond donors (Lipinski definition) is 1. The summed E-state index contributed by atoms with van der Waals surface area (Å²) in [7, 11) is 0. The maximum absolute atomic E-state index is 13.0. The van der Waals surface area contributed by atoms with Crippen LogP contribution in [0.4, 0.5) is 0 Å². The van der Waals surface area contributed by atoms with Crippen LogP contribution in [-0.2, 0) is 9.59 Å². The Bertz CT molecular complexity index is 584. The lowest BCUT2D eigenvalue weighted by molar-refractivity contribution is -0.146. The van der Waals surface area contributed by atoms with Gasteiger partial charge in [-0.05, 0) is 37.2 Å². The van der Waals surface area contributed by atoms with Crippen LogP contribution in [0.3, 0.4) is 0 Å². The minimum absolute atomic E-state index is 0.00251. The Kier molecular flexibility index (Phi) is 4.42. The Morgan fingerprint density at radius 1 is 1.30 bits per heavy atom. The summed E-state index contributed by atoms with van der Waals surface area (Å²) >= 11 is 0. The van der Waals surface area contributed by atoms with Crippen LogP contribution in [0.1, 0.15) is 45.1 Å². The van der Waals surface area contributed by atoms with Gasteiger partial charge in [0.2, 0.25) is 11.8 Å². The van der Waals surface area contributed by atoms with E-state index in [1.807, 2.05) is 30.0 Å². The lowest BCUT2D eigenvalue weighted by Gasteiger charge is -2.39. The number of nitrogens with zero attached hydrogens (tertiary/aromatic N) is 1. The normalized spacial score (nSPS) is 30.3. The van der Waals surface area contributed by atoms with Crippen molar-refractivity contribution in [2.24, 2.45) is 11.8 Å². The molecule has 0 aromatic heterocycles. The number of benzene rings is 1. The smallest absolute Gasteiger partial charge is 0.243 e. The first kappa shape index (κ1) is 16.0. The first-order valence-electron chi connectivity index (χ1n) is 8.63. The van der Waals surface area contributed by atoms with Gasteiger partial charge in [0.05, 0.1) is 0 Å². The Morgan fingerprint density at radius 3 is 2.65 bits per heavy atom. The number of carbonyl (C=O) groups is 2. The average Bonchev–Trinajstić information content (AvgIpc) is 3.30. The lowest BCUT2D eigenvalue weighted by atomic mass is 9.97. The molecule has 1 aliphatic heterocycles. The van der Waals surface area contributed by atoms with E-state index in [0.29, 0.717) is 18.4 Å². The molecule has 2 amide bonds. The third-order valence-electron chi connectivity index (χ3n) is 4.85. The van der Waals surface area contributed by atoms with E-state index in [0.717, 1.165) is 12.8 Å². The molecule has 2 aliphatic rings. The third-order valence-corrected chi connectivity index (χ3v) is 4.85. The van der Waals surface area contributed by atoms with Crippen LogP contribution < -0.4 is 5.32 Å². The van der Waals surface area contributed by atoms with Gasteiger partial charge in [0.15, 0.2) is 0 Å². The van der Waals surface area contributed by atoms with Crippen molar-refractivity contribution in [3.05, 3.63) is 35.9 Å². The van der Waals surface area contributed by atoms with Gasteiger partial charge in [-0.3, -0.25) is 9.59 Å². The quantitative estimate of drug-likeness (QED) is 0.928. The molecule has 1 aliphatic carbocycles. The number of carbonyl (C=O) groups excluding carboxylic acids is 2. The molecular weight excluding hydrogens is 288 g/mol. The molecule has 1 N–H and O–H groups in total. The van der Waals surface area contributed by atoms with Crippen molar-refractivity contribution in [3.63, 3.8) is 0 Å². The highest BCUT2D eigenvalue weighted by molar-refractivity contribution is 5.91. The van der Waals surface area contributed by atoms with Gasteiger partial charge >= 0.3 is 0 Å². The highest BCUT2D eigenvalue weighted by Gasteiger charge is 2.48. The highest BCUT2D eigenvalue weighted by atomic mass is 16.2. The van der Waals surface area contributed by atoms with Crippen molar-refractivity contribution in [1.29, 1.82) is 0 Å². The highest BCUT2D eigenvalue weighted by Crippen LogP contribution is 2.48. The fourth-order valence-corrected chi connectivity index (χ4v) is 3.62. The second kappa shape index (κ2) is 6.34. The van der Waals surface area contributed by atoms with Crippen molar-refractivity contribution in [1.82, 2.24) is 10.2 Å². The summed E-state index contributed by atoms with van der Waals surface area (Å²) in [5.41, 5.74) is 1.24. The molecule has 1 heterocycles. The van der Waals surface area contributed by atoms with Gasteiger partial charge in [0.25, 0.3) is 0 Å². The average molecular weight is 314 g/mol. The molecule has 0 spiro atoms. The summed E-state index contributed by atoms with van der Waals surface area (Å²) in [6.07, 6.45) is 1.64. The first-order chi connectivity index (χ1) is 11.0. The Labute approximate surface area is 138 Å². The summed E-state index contributed by atoms with van der Waals surface area (Å²) in [6.45, 7) is 6.78. The van der Waals surface area contributed by atoms with Gasteiger partial charge in [-0.15, -0.1) is 0 Å². The Morgan fingerprint density at radius 2 is 2.00 bits per heavy atom. The molecule has 0 bridgehead atoms. The standard InChI is InChI=1S/C19H26N2O2/c1-12(2)9-17-18(22)20-13(3)11-21(17)19(23)16-10-15(16)14-7-5-4-6-8-14/h4-8,12-13,15-17H,9-11H2,1-3H3,(H,20,22)/t13-,15-,16+,17-/m0/s1. The maximum Gasteiger partial charge on any atom is 0.243 e. The van der Waals surface area contributed by atoms with E-state index in [1.54, 1.807) is 0 Å². The molecule has 1 saturated carbocycles. The lowest BCUT2D eigenvalue weighted by Crippen LogP contribution is -2.61. The minimum Gasteiger partial charge on any atom is -0.350 e. The molecule has 23 heavy (non-hydrogen) atoms. The molecule has 1 aromatic rings. The number of rotatable bonds is 4. The number of hydrogen-bond acceptors (Lipinski definition) is 2. The molecule has 4 atom stereocenters. The van der Waals surface area contributed by atoms with E-state index in [-0.39, 0.29) is 29.8 Å². The van der Waals surface area contributed by atoms with Gasteiger partial charge < -0.3 is 10.2 Å². The van der Waals surface area contributed by atoms with Gasteiger partial charge in [0, 0.05) is 18.5 Å². The predicted molar refractivity (Wildman–Crippen MR) is 89.9 cm³/mol. The molecule has 3 rings (SSSR count). The molecular formula is C19H26N2O2. The molecule has 0 radical (unpaired) electrons. The molecule has 2 fully saturated rings. The topological polar surface area (TPSA) is 49.4 Å². The van der Waals surface area contributed by atoms with Gasteiger partial charge in [0.1, 0.15) is 6.04 Å². The summed E-state index contributed by atoms with van der Waals surface area (Å²) < 4.78 is 0. The summed E-state index contributed by atoms with van der Waals surface area (Å²) in [5, 5.41) is 2.99. The van der Waals surface area contributed by atoms with Crippen LogP contribution in [0.25, 0.3) is 0 Å². The van der Waals surface area contributed by atoms with E-state index in [4.69, 9.17) is 0 Å². The second-order valence-corrected chi connectivity index (χ2v) is 7.40. The van der Waals surface area contributed by atoms with E-state index in [9.17, 15) is 9.59 Å². The van der Waals surface area contributed by atoms with Crippen LogP contribution in [-0.4, -0.2) is 35.3 Å². The fourth-order valence-electron chi connectivity index (χ4n) is 3.62. The van der Waals surface area contributed by atoms with Crippen LogP contribution in [0.15, 0.2) is 30.3 Å². The summed E-state index contributed by atoms with van der Waals surface area (Å²) in [6, 6.07) is 9.95. The van der Waals surface area contributed by atoms with Crippen LogP contribution in [0.5, 0.6) is 0 Å². The van der Waals surface area contributed by atoms with Crippen molar-refractivity contribution in [2.45, 2.75) is 51.6 Å². The van der Waals surface area contributed by atoms with Crippen LogP contribution in [0, 0.1) is 11.8 Å². The summed E-state index contributed by atoms with van der Waals surface area (Å²) in [4.78, 5) is 27.2. The molecule has 4 heteroatoms. The van der Waals surface area contributed by atoms with E-state index in [1.165, 1.54) is 5.56 Å². The summed E-state index contributed by atoms with van der Waals surface area (Å²) in [5.74, 6) is 0.918. The molecule has 4 nitrogen and oxygen atoms in total. The zero-order chi connectivity index (χ0) is 16.6. The second-order valence-electron chi connectivity index (χ2n) is 7.40. The molecule has 0 unspecified atom stereocenters. The predicted octanol–water partition coefficient (Wildman–Crippen LogP) is 2.55. The van der Waals surface area contributed by atoms with Crippen molar-refractivity contribution >= 4 is 11.8 Å². The largest absolute Gasteiger partial charge is 0.350 e. The van der Waals surface area contributed by atoms with E-state index in [2.05, 4.69) is 31.3 Å². The SMILES string of the molecule is CC(C)C[C@H]1C(=O)N[C@@H](C)CN1C(=O)[C@@H]1C[C@H]1c1ccccc1. The Balaban J connectivity index is 1.73. The Hall–Kier alpha value is -1.84. The number of nitrogens with one attached hydrogen (secondary N) is 1. The molecule has 1 aromatic carbocycles. The van der Waals surface area contributed by atoms with E-state index >= 15 is 0 Å². The maximum atomic E-state index is 13.0. The number of amides is 2. The molecule has 124 valence electrons. The van der Waals surface area contributed by atoms with Crippen molar-refractivity contribution < 1.29 is 9.59 Å². The van der Waals surface area contributed by atoms with Gasteiger partial charge in [-0.25, -0.2) is 0 Å². The zero-order valence-corrected chi connectivity index (χ0v) is 14.2. The van der Waals surface area contributed by atoms with Crippen LogP contribution >= 0.6 is 0 Å². The van der Waals surface area contributed by atoms with E-state index < -0.39 is 0 Å². The zero-order valence-electron chi connectivity index (χ0n) is 14.2. The van der Waals surface area contributed by atoms with Crippen LogP contribution in [0.2, 0.25) is 0 Å².